The van der Waals surface area contributed by atoms with Crippen molar-refractivity contribution in [1.82, 2.24) is 4.72 Å². The van der Waals surface area contributed by atoms with Crippen LogP contribution in [0.25, 0.3) is 0 Å². The Morgan fingerprint density at radius 1 is 1.42 bits per heavy atom. The first-order chi connectivity index (χ1) is 8.74. The van der Waals surface area contributed by atoms with Gasteiger partial charge in [-0.2, -0.15) is 0 Å². The smallest absolute Gasteiger partial charge is 0.207 e. The first kappa shape index (κ1) is 17.2. The second kappa shape index (κ2) is 6.76. The Balaban J connectivity index is 3.10. The molecule has 19 heavy (non-hydrogen) atoms. The predicted molar refractivity (Wildman–Crippen MR) is 83.5 cm³/mol. The number of hydrogen-bond donors (Lipinski definition) is 1. The summed E-state index contributed by atoms with van der Waals surface area (Å²) in [6.45, 7) is 3.75. The Morgan fingerprint density at radius 2 is 2.05 bits per heavy atom. The summed E-state index contributed by atoms with van der Waals surface area (Å²) in [4.78, 5) is 0.0756. The van der Waals surface area contributed by atoms with Gasteiger partial charge in [-0.05, 0) is 38.0 Å². The summed E-state index contributed by atoms with van der Waals surface area (Å²) in [5, 5.41) is 0.186. The van der Waals surface area contributed by atoms with Gasteiger partial charge in [0.05, 0.1) is 5.02 Å². The fourth-order valence-electron chi connectivity index (χ4n) is 1.58. The third-order valence-corrected chi connectivity index (χ3v) is 5.79. The lowest BCUT2D eigenvalue weighted by Crippen LogP contribution is -2.45. The monoisotopic (exact) mass is 387 g/mol. The fraction of sp³-hybridized carbons (Fsp3) is 0.500. The quantitative estimate of drug-likeness (QED) is 0.743. The molecule has 0 aliphatic carbocycles. The molecule has 1 rings (SSSR count). The lowest BCUT2D eigenvalue weighted by atomic mass is 9.97. The molecule has 1 aromatic rings. The van der Waals surface area contributed by atoms with Gasteiger partial charge < -0.3 is 0 Å². The molecular formula is C12H16BrCl2NO2S. The van der Waals surface area contributed by atoms with E-state index in [-0.39, 0.29) is 9.92 Å². The molecule has 1 unspecified atom stereocenters. The van der Waals surface area contributed by atoms with Crippen molar-refractivity contribution in [2.24, 2.45) is 0 Å². The van der Waals surface area contributed by atoms with E-state index in [1.54, 1.807) is 12.1 Å². The molecule has 0 radical (unpaired) electrons. The Kier molecular flexibility index (Phi) is 6.14. The maximum absolute atomic E-state index is 12.4. The second-order valence-corrected chi connectivity index (χ2v) is 7.89. The van der Waals surface area contributed by atoms with Crippen LogP contribution in [0.4, 0.5) is 0 Å². The van der Waals surface area contributed by atoms with Crippen molar-refractivity contribution in [3.8, 4) is 0 Å². The number of halogens is 3. The Hall–Kier alpha value is 0.190. The zero-order valence-electron chi connectivity index (χ0n) is 10.7. The highest BCUT2D eigenvalue weighted by Gasteiger charge is 2.29. The van der Waals surface area contributed by atoms with Gasteiger partial charge in [-0.1, -0.05) is 34.5 Å². The van der Waals surface area contributed by atoms with Crippen LogP contribution in [0.1, 0.15) is 26.7 Å². The average molecular weight is 389 g/mol. The molecule has 7 heteroatoms. The summed E-state index contributed by atoms with van der Waals surface area (Å²) < 4.78 is 28.1. The summed E-state index contributed by atoms with van der Waals surface area (Å²) in [6, 6.07) is 4.68. The van der Waals surface area contributed by atoms with E-state index in [0.29, 0.717) is 18.7 Å². The van der Waals surface area contributed by atoms with Crippen LogP contribution in [0.5, 0.6) is 0 Å². The van der Waals surface area contributed by atoms with Crippen LogP contribution < -0.4 is 4.72 Å². The number of nitrogens with one attached hydrogen (secondary N) is 1. The van der Waals surface area contributed by atoms with Gasteiger partial charge >= 0.3 is 0 Å². The van der Waals surface area contributed by atoms with Crippen molar-refractivity contribution in [3.63, 3.8) is 0 Å². The zero-order chi connectivity index (χ0) is 14.7. The Labute approximate surface area is 132 Å². The van der Waals surface area contributed by atoms with Crippen LogP contribution in [0, 0.1) is 0 Å². The minimum atomic E-state index is -3.66. The van der Waals surface area contributed by atoms with Crippen molar-refractivity contribution < 1.29 is 8.42 Å². The number of sulfonamides is 1. The summed E-state index contributed by atoms with van der Waals surface area (Å²) in [6.07, 6.45) is 1.20. The standard InChI is InChI=1S/C12H16BrCl2NO2S/c1-3-12(2,6-7-14)16-19(17,18)11-5-4-9(13)8-10(11)15/h4-5,8,16H,3,6-7H2,1-2H3. The van der Waals surface area contributed by atoms with Crippen LogP contribution in [-0.2, 0) is 10.0 Å². The van der Waals surface area contributed by atoms with Crippen LogP contribution in [0.3, 0.4) is 0 Å². The SMILES string of the molecule is CCC(C)(CCCl)NS(=O)(=O)c1ccc(Br)cc1Cl. The number of benzene rings is 1. The maximum atomic E-state index is 12.4. The Bertz CT molecular complexity index is 551. The predicted octanol–water partition coefficient (Wildman–Crippen LogP) is 4.18. The van der Waals surface area contributed by atoms with E-state index in [1.807, 2.05) is 13.8 Å². The fourth-order valence-corrected chi connectivity index (χ4v) is 4.54. The van der Waals surface area contributed by atoms with Crippen molar-refractivity contribution in [3.05, 3.63) is 27.7 Å². The molecule has 3 nitrogen and oxygen atoms in total. The minimum absolute atomic E-state index is 0.0756. The second-order valence-electron chi connectivity index (χ2n) is 4.53. The van der Waals surface area contributed by atoms with E-state index in [9.17, 15) is 8.42 Å². The normalized spacial score (nSPS) is 15.2. The van der Waals surface area contributed by atoms with Crippen LogP contribution in [-0.4, -0.2) is 19.8 Å². The van der Waals surface area contributed by atoms with Gasteiger partial charge in [0.1, 0.15) is 4.90 Å². The van der Waals surface area contributed by atoms with E-state index in [4.69, 9.17) is 23.2 Å². The molecule has 0 saturated carbocycles. The molecular weight excluding hydrogens is 373 g/mol. The minimum Gasteiger partial charge on any atom is -0.207 e. The van der Waals surface area contributed by atoms with Gasteiger partial charge in [-0.3, -0.25) is 0 Å². The highest BCUT2D eigenvalue weighted by molar-refractivity contribution is 9.10. The molecule has 1 atom stereocenters. The van der Waals surface area contributed by atoms with Crippen molar-refractivity contribution >= 4 is 49.2 Å². The lowest BCUT2D eigenvalue weighted by Gasteiger charge is -2.28. The summed E-state index contributed by atoms with van der Waals surface area (Å²) in [7, 11) is -3.66. The van der Waals surface area contributed by atoms with Gasteiger partial charge in [-0.25, -0.2) is 13.1 Å². The maximum Gasteiger partial charge on any atom is 0.242 e. The molecule has 0 spiro atoms. The molecule has 0 saturated heterocycles. The van der Waals surface area contributed by atoms with E-state index in [1.165, 1.54) is 6.07 Å². The average Bonchev–Trinajstić information content (AvgIpc) is 2.27. The topological polar surface area (TPSA) is 46.2 Å². The van der Waals surface area contributed by atoms with E-state index in [2.05, 4.69) is 20.7 Å². The number of hydrogen-bond acceptors (Lipinski definition) is 2. The summed E-state index contributed by atoms with van der Waals surface area (Å²) >= 11 is 15.0. The van der Waals surface area contributed by atoms with Gasteiger partial charge in [0.25, 0.3) is 0 Å². The molecule has 1 N–H and O–H groups in total. The van der Waals surface area contributed by atoms with Crippen molar-refractivity contribution in [1.29, 1.82) is 0 Å². The van der Waals surface area contributed by atoms with Gasteiger partial charge in [0.2, 0.25) is 10.0 Å². The van der Waals surface area contributed by atoms with Crippen molar-refractivity contribution in [2.45, 2.75) is 37.1 Å². The molecule has 108 valence electrons. The molecule has 0 fully saturated rings. The highest BCUT2D eigenvalue weighted by Crippen LogP contribution is 2.27. The number of alkyl halides is 1. The van der Waals surface area contributed by atoms with Gasteiger partial charge in [0.15, 0.2) is 0 Å². The van der Waals surface area contributed by atoms with Crippen LogP contribution in [0.2, 0.25) is 5.02 Å². The largest absolute Gasteiger partial charge is 0.242 e. The number of rotatable bonds is 6. The third-order valence-electron chi connectivity index (χ3n) is 2.99. The van der Waals surface area contributed by atoms with Crippen LogP contribution in [0.15, 0.2) is 27.6 Å². The first-order valence-electron chi connectivity index (χ1n) is 5.79. The van der Waals surface area contributed by atoms with Crippen LogP contribution >= 0.6 is 39.1 Å². The van der Waals surface area contributed by atoms with Crippen molar-refractivity contribution in [2.75, 3.05) is 5.88 Å². The summed E-state index contributed by atoms with van der Waals surface area (Å²) in [5.74, 6) is 0.390. The zero-order valence-corrected chi connectivity index (χ0v) is 14.6. The molecule has 1 aromatic carbocycles. The molecule has 0 aliphatic rings. The van der Waals surface area contributed by atoms with E-state index < -0.39 is 15.6 Å². The van der Waals surface area contributed by atoms with Gasteiger partial charge in [0, 0.05) is 15.9 Å². The first-order valence-corrected chi connectivity index (χ1v) is 8.98. The Morgan fingerprint density at radius 3 is 2.53 bits per heavy atom. The highest BCUT2D eigenvalue weighted by atomic mass is 79.9. The third kappa shape index (κ3) is 4.60. The van der Waals surface area contributed by atoms with E-state index in [0.717, 1.165) is 4.47 Å². The molecule has 0 heterocycles. The molecule has 0 bridgehead atoms. The van der Waals surface area contributed by atoms with E-state index >= 15 is 0 Å². The molecule has 0 amide bonds. The lowest BCUT2D eigenvalue weighted by molar-refractivity contribution is 0.390. The van der Waals surface area contributed by atoms with Gasteiger partial charge in [-0.15, -0.1) is 11.6 Å². The molecule has 0 aromatic heterocycles. The molecule has 0 aliphatic heterocycles. The summed E-state index contributed by atoms with van der Waals surface area (Å²) in [5.41, 5.74) is -0.572.